The highest BCUT2D eigenvalue weighted by atomic mass is 79.9. The Balaban J connectivity index is 2.43. The van der Waals surface area contributed by atoms with Gasteiger partial charge in [-0.3, -0.25) is 0 Å². The molecule has 0 aliphatic rings. The van der Waals surface area contributed by atoms with Gasteiger partial charge in [0.05, 0.1) is 9.83 Å². The highest BCUT2D eigenvalue weighted by Gasteiger charge is 2.20. The van der Waals surface area contributed by atoms with E-state index >= 15 is 0 Å². The zero-order valence-electron chi connectivity index (χ0n) is 9.18. The van der Waals surface area contributed by atoms with Crippen LogP contribution in [-0.2, 0) is 0 Å². The van der Waals surface area contributed by atoms with Crippen molar-refractivity contribution in [2.24, 2.45) is 0 Å². The molecule has 1 unspecified atom stereocenters. The first-order chi connectivity index (χ1) is 8.02. The average molecular weight is 460 g/mol. The summed E-state index contributed by atoms with van der Waals surface area (Å²) < 4.78 is 3.43. The van der Waals surface area contributed by atoms with Crippen LogP contribution in [0.1, 0.15) is 20.7 Å². The highest BCUT2D eigenvalue weighted by molar-refractivity contribution is 9.13. The summed E-state index contributed by atoms with van der Waals surface area (Å²) in [5.41, 5.74) is 0. The molecule has 2 aromatic rings. The molecule has 0 saturated carbocycles. The van der Waals surface area contributed by atoms with Gasteiger partial charge in [0.15, 0.2) is 0 Å². The van der Waals surface area contributed by atoms with E-state index in [1.807, 2.05) is 18.4 Å². The van der Waals surface area contributed by atoms with Gasteiger partial charge >= 0.3 is 0 Å². The second kappa shape index (κ2) is 5.84. The molecule has 0 fully saturated rings. The molecule has 0 spiro atoms. The van der Waals surface area contributed by atoms with Gasteiger partial charge < -0.3 is 5.32 Å². The van der Waals surface area contributed by atoms with E-state index in [1.54, 1.807) is 11.3 Å². The summed E-state index contributed by atoms with van der Waals surface area (Å²) in [5.74, 6) is 0. The summed E-state index contributed by atoms with van der Waals surface area (Å²) in [5, 5.41) is 3.38. The monoisotopic (exact) mass is 457 g/mol. The summed E-state index contributed by atoms with van der Waals surface area (Å²) in [6, 6.07) is 4.58. The molecule has 0 saturated heterocycles. The van der Waals surface area contributed by atoms with E-state index in [0.717, 1.165) is 8.26 Å². The molecule has 1 N–H and O–H groups in total. The van der Waals surface area contributed by atoms with Crippen molar-refractivity contribution in [1.82, 2.24) is 5.32 Å². The second-order valence-electron chi connectivity index (χ2n) is 3.56. The Morgan fingerprint density at radius 3 is 2.24 bits per heavy atom. The average Bonchev–Trinajstić information content (AvgIpc) is 2.74. The number of hydrogen-bond donors (Lipinski definition) is 1. The van der Waals surface area contributed by atoms with Crippen molar-refractivity contribution in [2.75, 3.05) is 7.05 Å². The van der Waals surface area contributed by atoms with Crippen LogP contribution in [0.15, 0.2) is 24.9 Å². The van der Waals surface area contributed by atoms with E-state index in [4.69, 9.17) is 0 Å². The summed E-state index contributed by atoms with van der Waals surface area (Å²) >= 11 is 14.3. The number of aryl methyl sites for hydroxylation is 1. The first kappa shape index (κ1) is 14.2. The van der Waals surface area contributed by atoms with E-state index in [9.17, 15) is 0 Å². The number of hydrogen-bond acceptors (Lipinski definition) is 3. The quantitative estimate of drug-likeness (QED) is 0.619. The fraction of sp³-hybridized carbons (Fsp3) is 0.273. The maximum absolute atomic E-state index is 3.63. The third-order valence-corrected chi connectivity index (χ3v) is 7.69. The van der Waals surface area contributed by atoms with E-state index in [1.165, 1.54) is 19.1 Å². The van der Waals surface area contributed by atoms with Crippen LogP contribution < -0.4 is 5.32 Å². The van der Waals surface area contributed by atoms with E-state index in [0.29, 0.717) is 0 Å². The van der Waals surface area contributed by atoms with Crippen LogP contribution in [0.2, 0.25) is 0 Å². The molecular weight excluding hydrogens is 450 g/mol. The van der Waals surface area contributed by atoms with Crippen LogP contribution in [0.5, 0.6) is 0 Å². The molecule has 0 aliphatic carbocycles. The first-order valence-electron chi connectivity index (χ1n) is 4.90. The normalized spacial score (nSPS) is 13.0. The van der Waals surface area contributed by atoms with Gasteiger partial charge in [0.2, 0.25) is 0 Å². The fourth-order valence-corrected chi connectivity index (χ4v) is 5.90. The lowest BCUT2D eigenvalue weighted by Crippen LogP contribution is -2.15. The first-order valence-corrected chi connectivity index (χ1v) is 8.92. The molecule has 0 aliphatic heterocycles. The molecule has 6 heteroatoms. The van der Waals surface area contributed by atoms with Gasteiger partial charge in [0, 0.05) is 23.6 Å². The van der Waals surface area contributed by atoms with E-state index in [-0.39, 0.29) is 6.04 Å². The smallest absolute Gasteiger partial charge is 0.0843 e. The predicted molar refractivity (Wildman–Crippen MR) is 87.4 cm³/mol. The fourth-order valence-electron chi connectivity index (χ4n) is 1.61. The number of nitrogens with one attached hydrogen (secondary N) is 1. The standard InChI is InChI=1S/C11H10Br3NS2/c1-5-3-6(12)10(16-5)9(15-2)8-4-7(13)11(14)17-8/h3-4,9,15H,1-2H3. The molecular formula is C11H10Br3NS2. The summed E-state index contributed by atoms with van der Waals surface area (Å²) in [6.45, 7) is 2.13. The van der Waals surface area contributed by atoms with E-state index in [2.05, 4.69) is 72.2 Å². The molecule has 0 amide bonds. The Kier molecular flexibility index (Phi) is 4.88. The minimum atomic E-state index is 0.246. The van der Waals surface area contributed by atoms with Crippen LogP contribution in [0, 0.1) is 6.92 Å². The van der Waals surface area contributed by atoms with Crippen molar-refractivity contribution in [3.05, 3.63) is 39.5 Å². The Hall–Kier alpha value is 0.800. The molecule has 1 nitrogen and oxygen atoms in total. The predicted octanol–water partition coefficient (Wildman–Crippen LogP) is 5.71. The molecule has 2 heterocycles. The van der Waals surface area contributed by atoms with Gasteiger partial charge in [-0.25, -0.2) is 0 Å². The SMILES string of the molecule is CNC(c1cc(Br)c(Br)s1)c1sc(C)cc1Br. The largest absolute Gasteiger partial charge is 0.308 e. The molecule has 2 rings (SSSR count). The van der Waals surface area contributed by atoms with Crippen LogP contribution >= 0.6 is 70.5 Å². The maximum Gasteiger partial charge on any atom is 0.0843 e. The van der Waals surface area contributed by atoms with Gasteiger partial charge in [-0.05, 0) is 73.9 Å². The van der Waals surface area contributed by atoms with Gasteiger partial charge in [-0.2, -0.15) is 0 Å². The van der Waals surface area contributed by atoms with Crippen LogP contribution in [0.3, 0.4) is 0 Å². The molecule has 17 heavy (non-hydrogen) atoms. The third-order valence-electron chi connectivity index (χ3n) is 2.34. The molecule has 92 valence electrons. The topological polar surface area (TPSA) is 12.0 Å². The molecule has 1 atom stereocenters. The van der Waals surface area contributed by atoms with Gasteiger partial charge in [0.1, 0.15) is 0 Å². The Morgan fingerprint density at radius 2 is 1.82 bits per heavy atom. The number of rotatable bonds is 3. The highest BCUT2D eigenvalue weighted by Crippen LogP contribution is 2.41. The summed E-state index contributed by atoms with van der Waals surface area (Å²) in [7, 11) is 1.99. The summed E-state index contributed by atoms with van der Waals surface area (Å²) in [4.78, 5) is 3.95. The van der Waals surface area contributed by atoms with Crippen molar-refractivity contribution < 1.29 is 0 Å². The zero-order valence-corrected chi connectivity index (χ0v) is 15.6. The second-order valence-corrected chi connectivity index (χ2v) is 8.96. The van der Waals surface area contributed by atoms with Crippen LogP contribution in [0.25, 0.3) is 0 Å². The van der Waals surface area contributed by atoms with Crippen molar-refractivity contribution >= 4 is 70.5 Å². The van der Waals surface area contributed by atoms with Gasteiger partial charge in [0.25, 0.3) is 0 Å². The Labute approximate surface area is 134 Å². The van der Waals surface area contributed by atoms with E-state index < -0.39 is 0 Å². The van der Waals surface area contributed by atoms with Gasteiger partial charge in [-0.1, -0.05) is 0 Å². The lowest BCUT2D eigenvalue weighted by molar-refractivity contribution is 0.713. The maximum atomic E-state index is 3.63. The van der Waals surface area contributed by atoms with Crippen molar-refractivity contribution in [2.45, 2.75) is 13.0 Å². The van der Waals surface area contributed by atoms with Crippen LogP contribution in [-0.4, -0.2) is 7.05 Å². The Bertz CT molecular complexity index is 513. The minimum absolute atomic E-state index is 0.246. The Morgan fingerprint density at radius 1 is 1.12 bits per heavy atom. The third kappa shape index (κ3) is 3.04. The lowest BCUT2D eigenvalue weighted by atomic mass is 10.2. The van der Waals surface area contributed by atoms with Crippen molar-refractivity contribution in [1.29, 1.82) is 0 Å². The number of halogens is 3. The minimum Gasteiger partial charge on any atom is -0.308 e. The zero-order chi connectivity index (χ0) is 12.6. The van der Waals surface area contributed by atoms with Crippen molar-refractivity contribution in [3.8, 4) is 0 Å². The molecule has 0 bridgehead atoms. The molecule has 0 radical (unpaired) electrons. The lowest BCUT2D eigenvalue weighted by Gasteiger charge is -2.13. The van der Waals surface area contributed by atoms with Crippen molar-refractivity contribution in [3.63, 3.8) is 0 Å². The summed E-state index contributed by atoms with van der Waals surface area (Å²) in [6.07, 6.45) is 0. The van der Waals surface area contributed by atoms with Crippen LogP contribution in [0.4, 0.5) is 0 Å². The molecule has 2 aromatic heterocycles. The number of thiophene rings is 2. The molecule has 0 aromatic carbocycles. The van der Waals surface area contributed by atoms with Gasteiger partial charge in [-0.15, -0.1) is 22.7 Å².